The van der Waals surface area contributed by atoms with Crippen LogP contribution in [-0.2, 0) is 4.79 Å². The van der Waals surface area contributed by atoms with Crippen molar-refractivity contribution in [1.82, 2.24) is 10.2 Å². The summed E-state index contributed by atoms with van der Waals surface area (Å²) in [6.45, 7) is 2.64. The molecule has 17 heavy (non-hydrogen) atoms. The molecule has 0 bridgehead atoms. The van der Waals surface area contributed by atoms with Gasteiger partial charge in [0.2, 0.25) is 0 Å². The highest BCUT2D eigenvalue weighted by Gasteiger charge is 2.17. The van der Waals surface area contributed by atoms with E-state index in [2.05, 4.69) is 5.32 Å². The first-order valence-electron chi connectivity index (χ1n) is 5.73. The molecule has 1 unspecified atom stereocenters. The number of nitrogens with zero attached hydrogens (tertiary/aromatic N) is 1. The number of carboxylic acids is 1. The van der Waals surface area contributed by atoms with E-state index in [4.69, 9.17) is 5.11 Å². The second-order valence-electron chi connectivity index (χ2n) is 3.95. The number of thioether (sulfide) groups is 1. The molecule has 0 saturated heterocycles. The molecule has 100 valence electrons. The minimum absolute atomic E-state index is 0.0179. The monoisotopic (exact) mass is 262 g/mol. The van der Waals surface area contributed by atoms with Gasteiger partial charge < -0.3 is 15.3 Å². The Morgan fingerprint density at radius 3 is 2.59 bits per heavy atom. The van der Waals surface area contributed by atoms with Gasteiger partial charge in [0.25, 0.3) is 0 Å². The molecule has 1 atom stereocenters. The Bertz CT molecular complexity index is 249. The van der Waals surface area contributed by atoms with Crippen LogP contribution in [-0.4, -0.2) is 53.6 Å². The minimum Gasteiger partial charge on any atom is -0.481 e. The first-order chi connectivity index (χ1) is 8.01. The lowest BCUT2D eigenvalue weighted by atomic mass is 10.1. The fourth-order valence-corrected chi connectivity index (χ4v) is 1.86. The maximum absolute atomic E-state index is 11.7. The van der Waals surface area contributed by atoms with Crippen molar-refractivity contribution in [2.24, 2.45) is 0 Å². The van der Waals surface area contributed by atoms with E-state index < -0.39 is 5.97 Å². The van der Waals surface area contributed by atoms with E-state index >= 15 is 0 Å². The number of carbonyl (C=O) groups excluding carboxylic acids is 1. The van der Waals surface area contributed by atoms with E-state index in [1.54, 1.807) is 23.7 Å². The first-order valence-corrected chi connectivity index (χ1v) is 7.13. The molecular formula is C11H22N2O3S. The Labute approximate surface area is 107 Å². The fraction of sp³-hybridized carbons (Fsp3) is 0.818. The number of rotatable bonds is 8. The molecule has 0 aromatic heterocycles. The molecule has 2 N–H and O–H groups in total. The highest BCUT2D eigenvalue weighted by Crippen LogP contribution is 2.03. The van der Waals surface area contributed by atoms with Gasteiger partial charge in [0, 0.05) is 25.4 Å². The molecule has 0 aliphatic carbocycles. The highest BCUT2D eigenvalue weighted by atomic mass is 32.2. The lowest BCUT2D eigenvalue weighted by molar-refractivity contribution is -0.137. The van der Waals surface area contributed by atoms with Gasteiger partial charge in [-0.1, -0.05) is 13.3 Å². The van der Waals surface area contributed by atoms with Crippen molar-refractivity contribution in [3.05, 3.63) is 0 Å². The van der Waals surface area contributed by atoms with E-state index in [0.29, 0.717) is 13.0 Å². The van der Waals surface area contributed by atoms with Crippen molar-refractivity contribution in [2.45, 2.75) is 32.2 Å². The number of hydrogen-bond acceptors (Lipinski definition) is 3. The van der Waals surface area contributed by atoms with E-state index in [1.807, 2.05) is 13.2 Å². The van der Waals surface area contributed by atoms with Crippen molar-refractivity contribution in [2.75, 3.05) is 25.6 Å². The van der Waals surface area contributed by atoms with Crippen molar-refractivity contribution in [1.29, 1.82) is 0 Å². The van der Waals surface area contributed by atoms with Crippen molar-refractivity contribution >= 4 is 23.8 Å². The van der Waals surface area contributed by atoms with Gasteiger partial charge in [-0.3, -0.25) is 4.79 Å². The third kappa shape index (κ3) is 7.90. The van der Waals surface area contributed by atoms with Gasteiger partial charge in [-0.25, -0.2) is 4.79 Å². The average molecular weight is 262 g/mol. The molecular weight excluding hydrogens is 240 g/mol. The van der Waals surface area contributed by atoms with Crippen LogP contribution in [0.15, 0.2) is 0 Å². The third-order valence-electron chi connectivity index (χ3n) is 2.36. The second kappa shape index (κ2) is 9.15. The first kappa shape index (κ1) is 16.1. The second-order valence-corrected chi connectivity index (χ2v) is 4.93. The molecule has 0 spiro atoms. The molecule has 0 aromatic carbocycles. The lowest BCUT2D eigenvalue weighted by Gasteiger charge is -2.22. The Morgan fingerprint density at radius 1 is 1.47 bits per heavy atom. The van der Waals surface area contributed by atoms with E-state index in [1.165, 1.54) is 0 Å². The van der Waals surface area contributed by atoms with Gasteiger partial charge in [-0.05, 0) is 12.7 Å². The van der Waals surface area contributed by atoms with Crippen LogP contribution in [0.3, 0.4) is 0 Å². The van der Waals surface area contributed by atoms with Crippen LogP contribution in [0, 0.1) is 0 Å². The molecule has 0 aromatic rings. The molecule has 0 saturated carbocycles. The number of urea groups is 1. The Hall–Kier alpha value is -0.910. The van der Waals surface area contributed by atoms with Gasteiger partial charge >= 0.3 is 12.0 Å². The number of amides is 2. The van der Waals surface area contributed by atoms with E-state index in [9.17, 15) is 9.59 Å². The maximum Gasteiger partial charge on any atom is 0.317 e. The quantitative estimate of drug-likeness (QED) is 0.697. The zero-order valence-corrected chi connectivity index (χ0v) is 11.5. The van der Waals surface area contributed by atoms with Crippen LogP contribution in [0.2, 0.25) is 0 Å². The summed E-state index contributed by atoms with van der Waals surface area (Å²) in [4.78, 5) is 24.0. The number of hydrogen-bond donors (Lipinski definition) is 2. The molecule has 0 radical (unpaired) electrons. The normalized spacial score (nSPS) is 11.9. The largest absolute Gasteiger partial charge is 0.481 e. The summed E-state index contributed by atoms with van der Waals surface area (Å²) < 4.78 is 0. The molecule has 5 nitrogen and oxygen atoms in total. The minimum atomic E-state index is -0.879. The van der Waals surface area contributed by atoms with E-state index in [0.717, 1.165) is 12.2 Å². The number of carboxylic acid groups (broad SMARTS) is 1. The van der Waals surface area contributed by atoms with Gasteiger partial charge in [-0.2, -0.15) is 11.8 Å². The van der Waals surface area contributed by atoms with Crippen LogP contribution in [0.25, 0.3) is 0 Å². The topological polar surface area (TPSA) is 69.6 Å². The van der Waals surface area contributed by atoms with Crippen LogP contribution in [0.4, 0.5) is 4.79 Å². The number of nitrogens with one attached hydrogen (secondary N) is 1. The van der Waals surface area contributed by atoms with Gasteiger partial charge in [0.1, 0.15) is 0 Å². The van der Waals surface area contributed by atoms with E-state index in [-0.39, 0.29) is 18.5 Å². The summed E-state index contributed by atoms with van der Waals surface area (Å²) in [5.41, 5.74) is 0. The summed E-state index contributed by atoms with van der Waals surface area (Å²) in [6.07, 6.45) is 3.51. The molecule has 0 heterocycles. The molecule has 0 fully saturated rings. The zero-order valence-electron chi connectivity index (χ0n) is 10.7. The molecule has 0 aliphatic heterocycles. The molecule has 0 aliphatic rings. The fourth-order valence-electron chi connectivity index (χ4n) is 1.40. The summed E-state index contributed by atoms with van der Waals surface area (Å²) >= 11 is 1.67. The maximum atomic E-state index is 11.7. The third-order valence-corrected chi connectivity index (χ3v) is 2.95. The Kier molecular flexibility index (Phi) is 8.66. The van der Waals surface area contributed by atoms with Gasteiger partial charge in [0.15, 0.2) is 0 Å². The summed E-state index contributed by atoms with van der Waals surface area (Å²) in [5, 5.41) is 11.5. The average Bonchev–Trinajstić information content (AvgIpc) is 2.25. The molecule has 0 rings (SSSR count). The van der Waals surface area contributed by atoms with Gasteiger partial charge in [-0.15, -0.1) is 0 Å². The molecule has 6 heteroatoms. The van der Waals surface area contributed by atoms with Crippen molar-refractivity contribution in [3.63, 3.8) is 0 Å². The molecule has 2 amide bonds. The van der Waals surface area contributed by atoms with Crippen molar-refractivity contribution < 1.29 is 14.7 Å². The SMILES string of the molecule is CCCC(CC(=O)O)NC(=O)N(C)CCSC. The number of aliphatic carboxylic acids is 1. The van der Waals surface area contributed by atoms with Gasteiger partial charge in [0.05, 0.1) is 6.42 Å². The van der Waals surface area contributed by atoms with Crippen LogP contribution < -0.4 is 5.32 Å². The standard InChI is InChI=1S/C11H22N2O3S/c1-4-5-9(8-10(14)15)12-11(16)13(2)6-7-17-3/h9H,4-8H2,1-3H3,(H,12,16)(H,14,15). The number of carbonyl (C=O) groups is 2. The lowest BCUT2D eigenvalue weighted by Crippen LogP contribution is -2.44. The van der Waals surface area contributed by atoms with Crippen molar-refractivity contribution in [3.8, 4) is 0 Å². The predicted octanol–water partition coefficient (Wildman–Crippen LogP) is 1.63. The Morgan fingerprint density at radius 2 is 2.12 bits per heavy atom. The van der Waals surface area contributed by atoms with Crippen LogP contribution >= 0.6 is 11.8 Å². The Balaban J connectivity index is 4.13. The predicted molar refractivity (Wildman–Crippen MR) is 70.5 cm³/mol. The zero-order chi connectivity index (χ0) is 13.3. The highest BCUT2D eigenvalue weighted by molar-refractivity contribution is 7.98. The summed E-state index contributed by atoms with van der Waals surface area (Å²) in [6, 6.07) is -0.472. The summed E-state index contributed by atoms with van der Waals surface area (Å²) in [5.74, 6) is -0.00287. The summed E-state index contributed by atoms with van der Waals surface area (Å²) in [7, 11) is 1.72. The van der Waals surface area contributed by atoms with Crippen LogP contribution in [0.1, 0.15) is 26.2 Å². The smallest absolute Gasteiger partial charge is 0.317 e. The van der Waals surface area contributed by atoms with Crippen LogP contribution in [0.5, 0.6) is 0 Å².